The van der Waals surface area contributed by atoms with E-state index in [1.807, 2.05) is 30.3 Å². The molecule has 0 bridgehead atoms. The average Bonchev–Trinajstić information content (AvgIpc) is 3.29. The monoisotopic (exact) mass is 724 g/mol. The van der Waals surface area contributed by atoms with Crippen molar-refractivity contribution in [1.82, 2.24) is 10.2 Å². The highest BCUT2D eigenvalue weighted by Crippen LogP contribution is 2.43. The fourth-order valence-corrected chi connectivity index (χ4v) is 8.80. The maximum absolute atomic E-state index is 9.64. The molecular weight excluding hydrogens is 693 g/mol. The van der Waals surface area contributed by atoms with Crippen LogP contribution in [0, 0.1) is 11.3 Å². The molecule has 11 rings (SSSR count). The van der Waals surface area contributed by atoms with Gasteiger partial charge in [0.2, 0.25) is 0 Å². The first-order chi connectivity index (χ1) is 28.2. The number of anilines is 3. The van der Waals surface area contributed by atoms with Crippen molar-refractivity contribution in [3.8, 4) is 28.3 Å². The lowest BCUT2D eigenvalue weighted by Gasteiger charge is -2.26. The highest BCUT2D eigenvalue weighted by atomic mass is 15.2. The molecule has 10 aromatic carbocycles. The summed E-state index contributed by atoms with van der Waals surface area (Å²) in [4.78, 5) is 2.19. The lowest BCUT2D eigenvalue weighted by atomic mass is 9.90. The number of aromatic nitrogens is 2. The van der Waals surface area contributed by atoms with Crippen molar-refractivity contribution in [3.63, 3.8) is 0 Å². The van der Waals surface area contributed by atoms with Crippen LogP contribution < -0.4 is 4.90 Å². The minimum atomic E-state index is 0.604. The Labute approximate surface area is 329 Å². The van der Waals surface area contributed by atoms with Crippen molar-refractivity contribution < 1.29 is 0 Å². The third-order valence-electron chi connectivity index (χ3n) is 11.4. The van der Waals surface area contributed by atoms with E-state index in [9.17, 15) is 5.26 Å². The lowest BCUT2D eigenvalue weighted by Crippen LogP contribution is -2.11. The van der Waals surface area contributed by atoms with Crippen molar-refractivity contribution >= 4 is 81.7 Å². The van der Waals surface area contributed by atoms with Gasteiger partial charge in [-0.15, -0.1) is 0 Å². The molecule has 264 valence electrons. The van der Waals surface area contributed by atoms with Gasteiger partial charge in [-0.2, -0.15) is 15.5 Å². The lowest BCUT2D eigenvalue weighted by molar-refractivity contribution is 1.02. The van der Waals surface area contributed by atoms with E-state index in [2.05, 4.69) is 173 Å². The van der Waals surface area contributed by atoms with Gasteiger partial charge >= 0.3 is 0 Å². The number of hydrogen-bond acceptors (Lipinski definition) is 4. The summed E-state index contributed by atoms with van der Waals surface area (Å²) in [5, 5.41) is 32.9. The minimum absolute atomic E-state index is 0.604. The van der Waals surface area contributed by atoms with Gasteiger partial charge in [0.25, 0.3) is 0 Å². The van der Waals surface area contributed by atoms with Gasteiger partial charge < -0.3 is 4.90 Å². The van der Waals surface area contributed by atoms with Gasteiger partial charge in [-0.05, 0) is 148 Å². The molecule has 1 aromatic heterocycles. The van der Waals surface area contributed by atoms with Crippen molar-refractivity contribution in [2.75, 3.05) is 4.90 Å². The molecule has 0 atom stereocenters. The van der Waals surface area contributed by atoms with Crippen LogP contribution in [-0.4, -0.2) is 10.2 Å². The summed E-state index contributed by atoms with van der Waals surface area (Å²) >= 11 is 0. The topological polar surface area (TPSA) is 52.8 Å². The summed E-state index contributed by atoms with van der Waals surface area (Å²) in [5.41, 5.74) is 7.77. The molecule has 1 heterocycles. The Morgan fingerprint density at radius 1 is 0.333 bits per heavy atom. The van der Waals surface area contributed by atoms with E-state index in [0.29, 0.717) is 5.56 Å². The van der Waals surface area contributed by atoms with Crippen LogP contribution in [-0.2, 0) is 0 Å². The fourth-order valence-electron chi connectivity index (χ4n) is 8.80. The largest absolute Gasteiger partial charge is 0.309 e. The predicted octanol–water partition coefficient (Wildman–Crippen LogP) is 14.1. The van der Waals surface area contributed by atoms with Crippen molar-refractivity contribution in [2.24, 2.45) is 0 Å². The molecule has 0 amide bonds. The second-order valence-corrected chi connectivity index (χ2v) is 14.6. The fraction of sp³-hybridized carbons (Fsp3) is 0. The Kier molecular flexibility index (Phi) is 7.52. The van der Waals surface area contributed by atoms with Gasteiger partial charge in [-0.1, -0.05) is 121 Å². The number of fused-ring (bicyclic) bond motifs is 12. The molecule has 0 radical (unpaired) electrons. The molecule has 0 aliphatic carbocycles. The Bertz CT molecular complexity index is 3170. The second kappa shape index (κ2) is 13.2. The summed E-state index contributed by atoms with van der Waals surface area (Å²) in [6.07, 6.45) is 3.50. The molecular formula is C53H32N4. The van der Waals surface area contributed by atoms with Crippen LogP contribution in [0.25, 0.3) is 86.9 Å². The van der Waals surface area contributed by atoms with Crippen molar-refractivity contribution in [1.29, 1.82) is 5.26 Å². The first-order valence-electron chi connectivity index (χ1n) is 19.1. The Morgan fingerprint density at radius 3 is 1.16 bits per heavy atom. The third-order valence-corrected chi connectivity index (χ3v) is 11.4. The predicted molar refractivity (Wildman–Crippen MR) is 237 cm³/mol. The van der Waals surface area contributed by atoms with E-state index in [4.69, 9.17) is 0 Å². The molecule has 0 saturated carbocycles. The van der Waals surface area contributed by atoms with E-state index >= 15 is 0 Å². The number of benzene rings is 10. The summed E-state index contributed by atoms with van der Waals surface area (Å²) in [7, 11) is 0. The van der Waals surface area contributed by atoms with Crippen LogP contribution in [0.2, 0.25) is 0 Å². The maximum atomic E-state index is 9.64. The molecule has 11 aromatic rings. The number of nitrogens with zero attached hydrogens (tertiary/aromatic N) is 4. The van der Waals surface area contributed by atoms with Crippen LogP contribution >= 0.6 is 0 Å². The average molecular weight is 725 g/mol. The molecule has 0 aliphatic heterocycles. The maximum Gasteiger partial charge on any atom is 0.0991 e. The smallest absolute Gasteiger partial charge is 0.0991 e. The summed E-state index contributed by atoms with van der Waals surface area (Å²) in [5.74, 6) is 0. The van der Waals surface area contributed by atoms with Crippen molar-refractivity contribution in [3.05, 3.63) is 200 Å². The second-order valence-electron chi connectivity index (χ2n) is 14.6. The van der Waals surface area contributed by atoms with Crippen LogP contribution in [0.15, 0.2) is 194 Å². The van der Waals surface area contributed by atoms with E-state index in [1.54, 1.807) is 12.4 Å². The van der Waals surface area contributed by atoms with Gasteiger partial charge in [0.1, 0.15) is 0 Å². The highest BCUT2D eigenvalue weighted by Gasteiger charge is 2.18. The molecule has 4 heteroatoms. The summed E-state index contributed by atoms with van der Waals surface area (Å²) < 4.78 is 0. The van der Waals surface area contributed by atoms with Gasteiger partial charge in [-0.3, -0.25) is 0 Å². The van der Waals surface area contributed by atoms with E-state index < -0.39 is 0 Å². The standard InChI is InChI=1S/C53H32N4/c54-32-34-17-21-39(22-18-34)57(40-25-26-55-56-33-40)41-28-37(35-19-23-50-46-13-3-1-9-42(46)44-11-5-7-15-48(44)52(50)30-35)27-38(29-41)36-20-24-51-47-14-4-2-10-43(47)45-12-6-8-16-49(45)53(51)31-36/h1-31,33H. The zero-order valence-corrected chi connectivity index (χ0v) is 30.8. The van der Waals surface area contributed by atoms with Gasteiger partial charge in [0.05, 0.1) is 29.7 Å². The molecule has 0 saturated heterocycles. The van der Waals surface area contributed by atoms with Gasteiger partial charge in [0, 0.05) is 11.4 Å². The van der Waals surface area contributed by atoms with Crippen molar-refractivity contribution in [2.45, 2.75) is 0 Å². The zero-order chi connectivity index (χ0) is 37.9. The molecule has 0 aliphatic rings. The van der Waals surface area contributed by atoms with Gasteiger partial charge in [0.15, 0.2) is 0 Å². The molecule has 57 heavy (non-hydrogen) atoms. The molecule has 0 fully saturated rings. The Morgan fingerprint density at radius 2 is 0.754 bits per heavy atom. The van der Waals surface area contributed by atoms with Crippen LogP contribution in [0.4, 0.5) is 17.1 Å². The molecule has 0 N–H and O–H groups in total. The van der Waals surface area contributed by atoms with Gasteiger partial charge in [-0.25, -0.2) is 0 Å². The van der Waals surface area contributed by atoms with E-state index in [-0.39, 0.29) is 0 Å². The Hall–Kier alpha value is -7.87. The normalized spacial score (nSPS) is 11.5. The van der Waals surface area contributed by atoms with Crippen LogP contribution in [0.5, 0.6) is 0 Å². The first kappa shape index (κ1) is 32.6. The highest BCUT2D eigenvalue weighted by molar-refractivity contribution is 6.27. The molecule has 4 nitrogen and oxygen atoms in total. The molecule has 0 unspecified atom stereocenters. The molecule has 0 spiro atoms. The Balaban J connectivity index is 1.19. The number of rotatable bonds is 5. The van der Waals surface area contributed by atoms with E-state index in [1.165, 1.54) is 64.6 Å². The minimum Gasteiger partial charge on any atom is -0.309 e. The number of hydrogen-bond donors (Lipinski definition) is 0. The SMILES string of the molecule is N#Cc1ccc(N(c2ccnnc2)c2cc(-c3ccc4c5ccccc5c5ccccc5c4c3)cc(-c3ccc4c5ccccc5c5ccccc5c4c3)c2)cc1. The summed E-state index contributed by atoms with van der Waals surface area (Å²) in [6.45, 7) is 0. The number of nitriles is 1. The first-order valence-corrected chi connectivity index (χ1v) is 19.1. The zero-order valence-electron chi connectivity index (χ0n) is 30.8. The van der Waals surface area contributed by atoms with Crippen LogP contribution in [0.3, 0.4) is 0 Å². The van der Waals surface area contributed by atoms with E-state index in [0.717, 1.165) is 39.3 Å². The quantitative estimate of drug-likeness (QED) is 0.166. The summed E-state index contributed by atoms with van der Waals surface area (Å²) in [6, 6.07) is 67.4. The van der Waals surface area contributed by atoms with Crippen LogP contribution in [0.1, 0.15) is 5.56 Å². The third kappa shape index (κ3) is 5.37.